The van der Waals surface area contributed by atoms with E-state index in [1.165, 1.54) is 6.07 Å². The Labute approximate surface area is 107 Å². The molecule has 1 aliphatic rings. The summed E-state index contributed by atoms with van der Waals surface area (Å²) in [7, 11) is 3.90. The number of benzene rings is 1. The van der Waals surface area contributed by atoms with Gasteiger partial charge in [-0.25, -0.2) is 4.39 Å². The molecule has 94 valence electrons. The van der Waals surface area contributed by atoms with Gasteiger partial charge in [0, 0.05) is 10.6 Å². The predicted molar refractivity (Wildman–Crippen MR) is 68.7 cm³/mol. The van der Waals surface area contributed by atoms with Gasteiger partial charge in [0.25, 0.3) is 0 Å². The highest BCUT2D eigenvalue weighted by molar-refractivity contribution is 6.31. The number of rotatable bonds is 3. The van der Waals surface area contributed by atoms with Crippen LogP contribution >= 0.6 is 11.6 Å². The molecular weight excluding hydrogens is 239 g/mol. The van der Waals surface area contributed by atoms with Gasteiger partial charge in [-0.05, 0) is 57.1 Å². The van der Waals surface area contributed by atoms with Crippen LogP contribution in [0.5, 0.6) is 0 Å². The van der Waals surface area contributed by atoms with Gasteiger partial charge >= 0.3 is 0 Å². The van der Waals surface area contributed by atoms with Crippen LogP contribution in [-0.2, 0) is 0 Å². The Hall–Kier alpha value is -0.640. The molecule has 1 aromatic rings. The van der Waals surface area contributed by atoms with Crippen molar-refractivity contribution >= 4 is 11.6 Å². The van der Waals surface area contributed by atoms with Gasteiger partial charge < -0.3 is 10.6 Å². The van der Waals surface area contributed by atoms with Crippen molar-refractivity contribution in [2.75, 3.05) is 14.1 Å². The van der Waals surface area contributed by atoms with Crippen molar-refractivity contribution in [3.63, 3.8) is 0 Å². The molecule has 0 saturated heterocycles. The normalized spacial score (nSPS) is 19.5. The van der Waals surface area contributed by atoms with E-state index in [2.05, 4.69) is 0 Å². The molecule has 0 bridgehead atoms. The Kier molecular flexibility index (Phi) is 3.19. The fourth-order valence-corrected chi connectivity index (χ4v) is 2.71. The van der Waals surface area contributed by atoms with Crippen molar-refractivity contribution in [3.8, 4) is 0 Å². The van der Waals surface area contributed by atoms with E-state index in [9.17, 15) is 4.39 Å². The Balaban J connectivity index is 2.47. The summed E-state index contributed by atoms with van der Waals surface area (Å²) in [5.74, 6) is -0.222. The average molecular weight is 257 g/mol. The highest BCUT2D eigenvalue weighted by atomic mass is 35.5. The first-order valence-electron chi connectivity index (χ1n) is 5.76. The second-order valence-electron chi connectivity index (χ2n) is 5.22. The first-order valence-corrected chi connectivity index (χ1v) is 6.14. The van der Waals surface area contributed by atoms with Gasteiger partial charge in [-0.1, -0.05) is 11.6 Å². The number of hydrogen-bond acceptors (Lipinski definition) is 2. The van der Waals surface area contributed by atoms with Gasteiger partial charge in [0.1, 0.15) is 5.82 Å². The summed E-state index contributed by atoms with van der Waals surface area (Å²) >= 11 is 6.23. The maximum absolute atomic E-state index is 13.7. The van der Waals surface area contributed by atoms with E-state index in [0.717, 1.165) is 18.4 Å². The molecule has 0 spiro atoms. The minimum Gasteiger partial charge on any atom is -0.323 e. The number of nitrogens with two attached hydrogens (primary N) is 1. The van der Waals surface area contributed by atoms with E-state index in [1.54, 1.807) is 13.0 Å². The Morgan fingerprint density at radius 1 is 1.41 bits per heavy atom. The summed E-state index contributed by atoms with van der Waals surface area (Å²) < 4.78 is 13.7. The zero-order chi connectivity index (χ0) is 12.8. The summed E-state index contributed by atoms with van der Waals surface area (Å²) in [6.45, 7) is 1.71. The lowest BCUT2D eigenvalue weighted by Gasteiger charge is -2.31. The molecule has 2 nitrogen and oxygen atoms in total. The van der Waals surface area contributed by atoms with Gasteiger partial charge in [0.05, 0.1) is 6.04 Å². The van der Waals surface area contributed by atoms with Crippen LogP contribution in [0.15, 0.2) is 12.1 Å². The van der Waals surface area contributed by atoms with Crippen LogP contribution in [0.1, 0.15) is 30.0 Å². The fraction of sp³-hybridized carbons (Fsp3) is 0.538. The molecule has 1 aliphatic carbocycles. The highest BCUT2D eigenvalue weighted by Crippen LogP contribution is 2.47. The van der Waals surface area contributed by atoms with Crippen LogP contribution in [0.25, 0.3) is 0 Å². The lowest BCUT2D eigenvalue weighted by Crippen LogP contribution is -2.39. The SMILES string of the molecule is Cc1cc(Cl)c(C(N(C)C)C2(N)CC2)cc1F. The topological polar surface area (TPSA) is 29.3 Å². The lowest BCUT2D eigenvalue weighted by molar-refractivity contribution is 0.245. The number of aryl methyl sites for hydroxylation is 1. The number of nitrogens with zero attached hydrogens (tertiary/aromatic N) is 1. The quantitative estimate of drug-likeness (QED) is 0.901. The van der Waals surface area contributed by atoms with Crippen molar-refractivity contribution < 1.29 is 4.39 Å². The van der Waals surface area contributed by atoms with Crippen molar-refractivity contribution in [1.29, 1.82) is 0 Å². The van der Waals surface area contributed by atoms with Gasteiger partial charge in [-0.15, -0.1) is 0 Å². The molecule has 1 aromatic carbocycles. The van der Waals surface area contributed by atoms with E-state index in [-0.39, 0.29) is 17.4 Å². The molecular formula is C13H18ClFN2. The van der Waals surface area contributed by atoms with Gasteiger partial charge in [-0.3, -0.25) is 0 Å². The smallest absolute Gasteiger partial charge is 0.126 e. The molecule has 1 fully saturated rings. The van der Waals surface area contributed by atoms with E-state index in [0.29, 0.717) is 10.6 Å². The van der Waals surface area contributed by atoms with Crippen LogP contribution in [-0.4, -0.2) is 24.5 Å². The van der Waals surface area contributed by atoms with Gasteiger partial charge in [0.2, 0.25) is 0 Å². The zero-order valence-electron chi connectivity index (χ0n) is 10.4. The highest BCUT2D eigenvalue weighted by Gasteiger charge is 2.48. The average Bonchev–Trinajstić information content (AvgIpc) is 2.93. The van der Waals surface area contributed by atoms with Crippen LogP contribution in [0.3, 0.4) is 0 Å². The predicted octanol–water partition coefficient (Wildman–Crippen LogP) is 2.88. The van der Waals surface area contributed by atoms with Crippen molar-refractivity contribution in [2.45, 2.75) is 31.3 Å². The molecule has 1 unspecified atom stereocenters. The molecule has 17 heavy (non-hydrogen) atoms. The first-order chi connectivity index (χ1) is 7.85. The molecule has 0 aliphatic heterocycles. The summed E-state index contributed by atoms with van der Waals surface area (Å²) in [5, 5.41) is 0.597. The number of halogens is 2. The first kappa shape index (κ1) is 12.8. The fourth-order valence-electron chi connectivity index (χ4n) is 2.39. The molecule has 0 aromatic heterocycles. The molecule has 0 heterocycles. The van der Waals surface area contributed by atoms with Crippen LogP contribution in [0.4, 0.5) is 4.39 Å². The second kappa shape index (κ2) is 4.23. The van der Waals surface area contributed by atoms with Crippen LogP contribution < -0.4 is 5.73 Å². The summed E-state index contributed by atoms with van der Waals surface area (Å²) in [4.78, 5) is 2.02. The Bertz CT molecular complexity index is 441. The zero-order valence-corrected chi connectivity index (χ0v) is 11.2. The van der Waals surface area contributed by atoms with E-state index >= 15 is 0 Å². The third kappa shape index (κ3) is 2.32. The number of hydrogen-bond donors (Lipinski definition) is 1. The van der Waals surface area contributed by atoms with Crippen LogP contribution in [0.2, 0.25) is 5.02 Å². The third-order valence-electron chi connectivity index (χ3n) is 3.46. The van der Waals surface area contributed by atoms with E-state index in [4.69, 9.17) is 17.3 Å². The molecule has 2 rings (SSSR count). The second-order valence-corrected chi connectivity index (χ2v) is 5.63. The molecule has 2 N–H and O–H groups in total. The Morgan fingerprint density at radius 3 is 2.47 bits per heavy atom. The van der Waals surface area contributed by atoms with Crippen molar-refractivity contribution in [1.82, 2.24) is 4.90 Å². The summed E-state index contributed by atoms with van der Waals surface area (Å²) in [6, 6.07) is 3.18. The molecule has 4 heteroatoms. The lowest BCUT2D eigenvalue weighted by atomic mass is 9.95. The van der Waals surface area contributed by atoms with Gasteiger partial charge in [-0.2, -0.15) is 0 Å². The summed E-state index contributed by atoms with van der Waals surface area (Å²) in [5.41, 5.74) is 7.36. The standard InChI is InChI=1S/C13H18ClFN2/c1-8-6-10(14)9(7-11(8)15)12(17(2)3)13(16)4-5-13/h6-7,12H,4-5,16H2,1-3H3. The third-order valence-corrected chi connectivity index (χ3v) is 3.79. The monoisotopic (exact) mass is 256 g/mol. The molecule has 0 radical (unpaired) electrons. The minimum absolute atomic E-state index is 0.0231. The Morgan fingerprint density at radius 2 is 2.00 bits per heavy atom. The maximum Gasteiger partial charge on any atom is 0.126 e. The van der Waals surface area contributed by atoms with Crippen LogP contribution in [0, 0.1) is 12.7 Å². The van der Waals surface area contributed by atoms with E-state index < -0.39 is 0 Å². The van der Waals surface area contributed by atoms with Crippen molar-refractivity contribution in [2.24, 2.45) is 5.73 Å². The van der Waals surface area contributed by atoms with E-state index in [1.807, 2.05) is 19.0 Å². The van der Waals surface area contributed by atoms with Gasteiger partial charge in [0.15, 0.2) is 0 Å². The molecule has 1 atom stereocenters. The largest absolute Gasteiger partial charge is 0.323 e. The minimum atomic E-state index is -0.255. The number of likely N-dealkylation sites (N-methyl/N-ethyl adjacent to an activating group) is 1. The molecule has 0 amide bonds. The molecule has 1 saturated carbocycles. The van der Waals surface area contributed by atoms with Crippen molar-refractivity contribution in [3.05, 3.63) is 34.1 Å². The maximum atomic E-state index is 13.7. The summed E-state index contributed by atoms with van der Waals surface area (Å²) in [6.07, 6.45) is 1.92.